The van der Waals surface area contributed by atoms with E-state index < -0.39 is 10.2 Å². The minimum Gasteiger partial charge on any atom is -0.238 e. The zero-order valence-corrected chi connectivity index (χ0v) is 15.8. The molecule has 0 amide bonds. The van der Waals surface area contributed by atoms with Gasteiger partial charge in [0.05, 0.1) is 6.57 Å². The minimum absolute atomic E-state index is 0.0637. The van der Waals surface area contributed by atoms with Crippen molar-refractivity contribution in [3.63, 3.8) is 0 Å². The van der Waals surface area contributed by atoms with Crippen molar-refractivity contribution in [2.24, 2.45) is 0 Å². The Bertz CT molecular complexity index is 898. The summed E-state index contributed by atoms with van der Waals surface area (Å²) in [5, 5.41) is 0. The first kappa shape index (κ1) is 18.6. The Balaban J connectivity index is 1.78. The zero-order valence-electron chi connectivity index (χ0n) is 15.0. The lowest BCUT2D eigenvalue weighted by Crippen LogP contribution is -2.43. The average molecular weight is 369 g/mol. The molecule has 0 aliphatic heterocycles. The van der Waals surface area contributed by atoms with Crippen molar-refractivity contribution in [1.82, 2.24) is 9.03 Å². The van der Waals surface area contributed by atoms with Crippen LogP contribution in [0, 0.1) is 6.57 Å². The van der Waals surface area contributed by atoms with E-state index in [9.17, 15) is 8.42 Å². The third-order valence-electron chi connectivity index (χ3n) is 4.97. The Morgan fingerprint density at radius 3 is 2.12 bits per heavy atom. The third kappa shape index (κ3) is 3.96. The smallest absolute Gasteiger partial charge is 0.238 e. The maximum absolute atomic E-state index is 12.1. The molecular weight excluding hydrogens is 346 g/mol. The van der Waals surface area contributed by atoms with Crippen LogP contribution in [0.3, 0.4) is 0 Å². The van der Waals surface area contributed by atoms with Crippen LogP contribution in [0.25, 0.3) is 16.0 Å². The summed E-state index contributed by atoms with van der Waals surface area (Å²) in [7, 11) is -0.337. The van der Waals surface area contributed by atoms with E-state index in [1.54, 1.807) is 14.1 Å². The largest absolute Gasteiger partial charge is 0.279 e. The molecule has 1 aliphatic carbocycles. The topological polar surface area (TPSA) is 53.8 Å². The van der Waals surface area contributed by atoms with Gasteiger partial charge in [-0.1, -0.05) is 55.0 Å². The normalized spacial score (nSPS) is 20.2. The first-order valence-corrected chi connectivity index (χ1v) is 10.1. The summed E-state index contributed by atoms with van der Waals surface area (Å²) >= 11 is 0. The molecule has 1 saturated carbocycles. The van der Waals surface area contributed by atoms with Crippen LogP contribution in [0.15, 0.2) is 48.5 Å². The second kappa shape index (κ2) is 7.58. The van der Waals surface area contributed by atoms with Crippen LogP contribution in [0.1, 0.15) is 30.7 Å². The molecule has 1 fully saturated rings. The molecule has 2 aromatic carbocycles. The molecule has 0 bridgehead atoms. The summed E-state index contributed by atoms with van der Waals surface area (Å²) in [6, 6.07) is 15.8. The molecule has 6 heteroatoms. The molecule has 3 rings (SSSR count). The number of rotatable bonds is 5. The number of nitrogens with zero attached hydrogens (tertiary/aromatic N) is 2. The van der Waals surface area contributed by atoms with E-state index >= 15 is 0 Å². The standard InChI is InChI=1S/C20H23N3O2S/c1-21-18-13-11-16(12-14-18)15-7-9-17(10-8-15)19-5-4-6-20(19)22-26(24,25)23(2)3/h7-14,19-20,22H,4-6H2,2-3H3/t19-,20-/m1/s1. The summed E-state index contributed by atoms with van der Waals surface area (Å²) in [4.78, 5) is 3.41. The molecule has 0 heterocycles. The van der Waals surface area contributed by atoms with E-state index in [1.165, 1.54) is 4.31 Å². The highest BCUT2D eigenvalue weighted by molar-refractivity contribution is 7.87. The van der Waals surface area contributed by atoms with Crippen LogP contribution in [-0.4, -0.2) is 32.9 Å². The van der Waals surface area contributed by atoms with Gasteiger partial charge in [0.15, 0.2) is 5.69 Å². The van der Waals surface area contributed by atoms with E-state index in [-0.39, 0.29) is 12.0 Å². The SMILES string of the molecule is [C-]#[N+]c1ccc(-c2ccc([C@H]3CCC[C@H]3NS(=O)(=O)N(C)C)cc2)cc1. The second-order valence-corrected chi connectivity index (χ2v) is 8.75. The summed E-state index contributed by atoms with van der Waals surface area (Å²) in [5.74, 6) is 0.197. The van der Waals surface area contributed by atoms with Gasteiger partial charge in [-0.2, -0.15) is 17.4 Å². The molecule has 136 valence electrons. The fourth-order valence-corrected chi connectivity index (χ4v) is 4.32. The van der Waals surface area contributed by atoms with Crippen LogP contribution in [0.4, 0.5) is 5.69 Å². The molecule has 0 saturated heterocycles. The molecule has 2 aromatic rings. The Morgan fingerprint density at radius 1 is 1.00 bits per heavy atom. The monoisotopic (exact) mass is 369 g/mol. The van der Waals surface area contributed by atoms with Crippen molar-refractivity contribution in [3.05, 3.63) is 65.5 Å². The highest BCUT2D eigenvalue weighted by atomic mass is 32.2. The minimum atomic E-state index is -3.42. The Morgan fingerprint density at radius 2 is 1.58 bits per heavy atom. The van der Waals surface area contributed by atoms with Gasteiger partial charge in [0.1, 0.15) is 0 Å². The molecule has 2 atom stereocenters. The first-order chi connectivity index (χ1) is 12.4. The molecule has 0 aromatic heterocycles. The van der Waals surface area contributed by atoms with Gasteiger partial charge >= 0.3 is 0 Å². The lowest BCUT2D eigenvalue weighted by Gasteiger charge is -2.23. The summed E-state index contributed by atoms with van der Waals surface area (Å²) < 4.78 is 28.3. The van der Waals surface area contributed by atoms with Crippen LogP contribution in [0.2, 0.25) is 0 Å². The van der Waals surface area contributed by atoms with Crippen molar-refractivity contribution >= 4 is 15.9 Å². The quantitative estimate of drug-likeness (QED) is 0.812. The van der Waals surface area contributed by atoms with Crippen molar-refractivity contribution < 1.29 is 8.42 Å². The van der Waals surface area contributed by atoms with Crippen molar-refractivity contribution in [2.45, 2.75) is 31.2 Å². The number of benzene rings is 2. The highest BCUT2D eigenvalue weighted by Crippen LogP contribution is 2.36. The maximum atomic E-state index is 12.1. The van der Waals surface area contributed by atoms with Gasteiger partial charge in [-0.3, -0.25) is 0 Å². The lowest BCUT2D eigenvalue weighted by atomic mass is 9.93. The van der Waals surface area contributed by atoms with Crippen LogP contribution >= 0.6 is 0 Å². The summed E-state index contributed by atoms with van der Waals surface area (Å²) in [6.45, 7) is 7.02. The first-order valence-electron chi connectivity index (χ1n) is 8.68. The number of hydrogen-bond donors (Lipinski definition) is 1. The van der Waals surface area contributed by atoms with E-state index in [0.29, 0.717) is 5.69 Å². The average Bonchev–Trinajstić information content (AvgIpc) is 3.09. The van der Waals surface area contributed by atoms with E-state index in [4.69, 9.17) is 6.57 Å². The third-order valence-corrected chi connectivity index (χ3v) is 6.53. The second-order valence-electron chi connectivity index (χ2n) is 6.83. The maximum Gasteiger partial charge on any atom is 0.279 e. The van der Waals surface area contributed by atoms with E-state index in [1.807, 2.05) is 24.3 Å². The van der Waals surface area contributed by atoms with Crippen LogP contribution in [0.5, 0.6) is 0 Å². The van der Waals surface area contributed by atoms with Gasteiger partial charge in [-0.15, -0.1) is 0 Å². The van der Waals surface area contributed by atoms with Gasteiger partial charge in [-0.05, 0) is 29.5 Å². The molecule has 0 radical (unpaired) electrons. The zero-order chi connectivity index (χ0) is 18.7. The lowest BCUT2D eigenvalue weighted by molar-refractivity contribution is 0.474. The Kier molecular flexibility index (Phi) is 5.42. The van der Waals surface area contributed by atoms with Gasteiger partial charge in [0.2, 0.25) is 0 Å². The van der Waals surface area contributed by atoms with Gasteiger partial charge < -0.3 is 0 Å². The number of hydrogen-bond acceptors (Lipinski definition) is 2. The van der Waals surface area contributed by atoms with E-state index in [2.05, 4.69) is 33.8 Å². The Labute approximate surface area is 155 Å². The Hall–Kier alpha value is -2.20. The van der Waals surface area contributed by atoms with Crippen molar-refractivity contribution in [3.8, 4) is 11.1 Å². The predicted octanol–water partition coefficient (Wildman–Crippen LogP) is 3.94. The molecule has 1 N–H and O–H groups in total. The molecule has 1 aliphatic rings. The number of nitrogens with one attached hydrogen (secondary N) is 1. The van der Waals surface area contributed by atoms with E-state index in [0.717, 1.165) is 36.0 Å². The van der Waals surface area contributed by atoms with Crippen LogP contribution < -0.4 is 4.72 Å². The molecule has 0 unspecified atom stereocenters. The van der Waals surface area contributed by atoms with Gasteiger partial charge in [-0.25, -0.2) is 4.85 Å². The fourth-order valence-electron chi connectivity index (χ4n) is 3.45. The van der Waals surface area contributed by atoms with Gasteiger partial charge in [0, 0.05) is 26.1 Å². The molecule has 0 spiro atoms. The molecule has 5 nitrogen and oxygen atoms in total. The van der Waals surface area contributed by atoms with Crippen molar-refractivity contribution in [2.75, 3.05) is 14.1 Å². The highest BCUT2D eigenvalue weighted by Gasteiger charge is 2.32. The van der Waals surface area contributed by atoms with Crippen molar-refractivity contribution in [1.29, 1.82) is 0 Å². The summed E-state index contributed by atoms with van der Waals surface area (Å²) in [5.41, 5.74) is 3.96. The molecular formula is C20H23N3O2S. The van der Waals surface area contributed by atoms with Crippen LogP contribution in [-0.2, 0) is 10.2 Å². The molecule has 26 heavy (non-hydrogen) atoms. The fraction of sp³-hybridized carbons (Fsp3) is 0.350. The predicted molar refractivity (Wildman–Crippen MR) is 104 cm³/mol. The summed E-state index contributed by atoms with van der Waals surface area (Å²) in [6.07, 6.45) is 2.86. The van der Waals surface area contributed by atoms with Gasteiger partial charge in [0.25, 0.3) is 10.2 Å².